The second kappa shape index (κ2) is 7.67. The van der Waals surface area contributed by atoms with E-state index in [0.29, 0.717) is 19.5 Å². The minimum Gasteiger partial charge on any atom is -0.389 e. The van der Waals surface area contributed by atoms with Crippen molar-refractivity contribution in [3.8, 4) is 0 Å². The third kappa shape index (κ3) is 3.95. The van der Waals surface area contributed by atoms with E-state index in [-0.39, 0.29) is 18.4 Å². The zero-order valence-electron chi connectivity index (χ0n) is 16.5. The number of piperidine rings is 2. The number of likely N-dealkylation sites (tertiary alicyclic amines) is 2. The molecule has 0 aliphatic carbocycles. The summed E-state index contributed by atoms with van der Waals surface area (Å²) in [7, 11) is 1.55. The van der Waals surface area contributed by atoms with E-state index in [0.717, 1.165) is 26.1 Å². The Kier molecular flexibility index (Phi) is 5.70. The van der Waals surface area contributed by atoms with E-state index >= 15 is 0 Å². The van der Waals surface area contributed by atoms with Gasteiger partial charge in [0.2, 0.25) is 5.91 Å². The third-order valence-electron chi connectivity index (χ3n) is 6.32. The molecule has 1 aromatic carbocycles. The molecule has 5 nitrogen and oxygen atoms in total. The van der Waals surface area contributed by atoms with Gasteiger partial charge in [-0.05, 0) is 55.9 Å². The quantitative estimate of drug-likeness (QED) is 0.893. The van der Waals surface area contributed by atoms with Crippen molar-refractivity contribution in [3.63, 3.8) is 0 Å². The molecule has 26 heavy (non-hydrogen) atoms. The van der Waals surface area contributed by atoms with E-state index < -0.39 is 5.60 Å². The van der Waals surface area contributed by atoms with Gasteiger partial charge < -0.3 is 14.7 Å². The molecule has 2 saturated heterocycles. The van der Waals surface area contributed by atoms with E-state index in [1.54, 1.807) is 7.11 Å². The fourth-order valence-corrected chi connectivity index (χ4v) is 4.39. The number of rotatable bonds is 4. The maximum absolute atomic E-state index is 12.2. The average molecular weight is 360 g/mol. The number of hydrogen-bond acceptors (Lipinski definition) is 4. The summed E-state index contributed by atoms with van der Waals surface area (Å²) in [5, 5.41) is 11.0. The summed E-state index contributed by atoms with van der Waals surface area (Å²) in [6.07, 6.45) is 1.46. The van der Waals surface area contributed by atoms with Gasteiger partial charge in [-0.3, -0.25) is 9.69 Å². The molecule has 0 spiro atoms. The topological polar surface area (TPSA) is 53.0 Å². The molecule has 5 heteroatoms. The van der Waals surface area contributed by atoms with Crippen LogP contribution in [0.1, 0.15) is 35.1 Å². The minimum absolute atomic E-state index is 0.0247. The van der Waals surface area contributed by atoms with E-state index in [1.165, 1.54) is 22.3 Å². The van der Waals surface area contributed by atoms with Gasteiger partial charge in [0.05, 0.1) is 5.60 Å². The molecule has 2 aliphatic rings. The van der Waals surface area contributed by atoms with Crippen molar-refractivity contribution < 1.29 is 14.6 Å². The standard InChI is InChI=1S/C21H32N2O3/c1-15-9-17(3)18(10-16(15)2)11-22-7-5-21(25)6-8-23(13-19(21)12-22)20(24)14-26-4/h9-10,19,25H,5-8,11-14H2,1-4H3/t19-,21-/m1/s1. The van der Waals surface area contributed by atoms with Gasteiger partial charge in [-0.25, -0.2) is 0 Å². The summed E-state index contributed by atoms with van der Waals surface area (Å²) in [6.45, 7) is 10.5. The van der Waals surface area contributed by atoms with Crippen LogP contribution < -0.4 is 0 Å². The molecule has 0 unspecified atom stereocenters. The number of aliphatic hydroxyl groups is 1. The first-order valence-electron chi connectivity index (χ1n) is 9.60. The predicted molar refractivity (Wildman–Crippen MR) is 102 cm³/mol. The molecule has 2 fully saturated rings. The molecule has 0 bridgehead atoms. The van der Waals surface area contributed by atoms with Crippen molar-refractivity contribution in [3.05, 3.63) is 34.4 Å². The Morgan fingerprint density at radius 3 is 2.58 bits per heavy atom. The largest absolute Gasteiger partial charge is 0.389 e. The Hall–Kier alpha value is -1.43. The first kappa shape index (κ1) is 19.3. The number of hydrogen-bond donors (Lipinski definition) is 1. The van der Waals surface area contributed by atoms with Crippen molar-refractivity contribution in [1.82, 2.24) is 9.80 Å². The molecule has 0 aromatic heterocycles. The monoisotopic (exact) mass is 360 g/mol. The molecule has 1 aromatic rings. The van der Waals surface area contributed by atoms with Crippen LogP contribution in [0.2, 0.25) is 0 Å². The lowest BCUT2D eigenvalue weighted by Gasteiger charge is -2.50. The zero-order valence-corrected chi connectivity index (χ0v) is 16.5. The van der Waals surface area contributed by atoms with Crippen LogP contribution in [0.5, 0.6) is 0 Å². The summed E-state index contributed by atoms with van der Waals surface area (Å²) in [6, 6.07) is 4.55. The fraction of sp³-hybridized carbons (Fsp3) is 0.667. The van der Waals surface area contributed by atoms with Gasteiger partial charge >= 0.3 is 0 Å². The van der Waals surface area contributed by atoms with Crippen molar-refractivity contribution in [1.29, 1.82) is 0 Å². The molecule has 0 saturated carbocycles. The van der Waals surface area contributed by atoms with Crippen LogP contribution in [-0.2, 0) is 16.1 Å². The first-order chi connectivity index (χ1) is 12.3. The maximum atomic E-state index is 12.2. The zero-order chi connectivity index (χ0) is 18.9. The smallest absolute Gasteiger partial charge is 0.248 e. The highest BCUT2D eigenvalue weighted by atomic mass is 16.5. The van der Waals surface area contributed by atoms with Crippen LogP contribution in [0, 0.1) is 26.7 Å². The number of ether oxygens (including phenoxy) is 1. The lowest BCUT2D eigenvalue weighted by atomic mass is 9.75. The Morgan fingerprint density at radius 1 is 1.15 bits per heavy atom. The number of fused-ring (bicyclic) bond motifs is 1. The fourth-order valence-electron chi connectivity index (χ4n) is 4.39. The molecule has 1 amide bonds. The van der Waals surface area contributed by atoms with Crippen molar-refractivity contribution in [2.75, 3.05) is 39.9 Å². The molecular weight excluding hydrogens is 328 g/mol. The lowest BCUT2D eigenvalue weighted by Crippen LogP contribution is -2.60. The summed E-state index contributed by atoms with van der Waals surface area (Å²) >= 11 is 0. The van der Waals surface area contributed by atoms with Crippen LogP contribution in [0.25, 0.3) is 0 Å². The highest BCUT2D eigenvalue weighted by Crippen LogP contribution is 2.36. The van der Waals surface area contributed by atoms with Gasteiger partial charge in [0.25, 0.3) is 0 Å². The highest BCUT2D eigenvalue weighted by Gasteiger charge is 2.45. The number of aryl methyl sites for hydroxylation is 3. The minimum atomic E-state index is -0.626. The Labute approximate surface area is 156 Å². The average Bonchev–Trinajstić information content (AvgIpc) is 2.59. The van der Waals surface area contributed by atoms with Gasteiger partial charge in [-0.1, -0.05) is 12.1 Å². The van der Waals surface area contributed by atoms with Crippen molar-refractivity contribution in [2.24, 2.45) is 5.92 Å². The summed E-state index contributed by atoms with van der Waals surface area (Å²) in [5.74, 6) is 0.134. The Morgan fingerprint density at radius 2 is 1.85 bits per heavy atom. The molecule has 144 valence electrons. The Bertz CT molecular complexity index is 675. The van der Waals surface area contributed by atoms with E-state index in [4.69, 9.17) is 4.74 Å². The molecule has 0 radical (unpaired) electrons. The molecule has 2 aliphatic heterocycles. The molecule has 2 heterocycles. The van der Waals surface area contributed by atoms with Crippen molar-refractivity contribution >= 4 is 5.91 Å². The number of methoxy groups -OCH3 is 1. The summed E-state index contributed by atoms with van der Waals surface area (Å²) in [5.41, 5.74) is 4.72. The van der Waals surface area contributed by atoms with E-state index in [2.05, 4.69) is 37.8 Å². The van der Waals surface area contributed by atoms with Crippen LogP contribution in [0.15, 0.2) is 12.1 Å². The molecule has 3 rings (SSSR count). The Balaban J connectivity index is 1.68. The predicted octanol–water partition coefficient (Wildman–Crippen LogP) is 2.04. The normalized spacial score (nSPS) is 26.7. The van der Waals surface area contributed by atoms with Crippen LogP contribution >= 0.6 is 0 Å². The lowest BCUT2D eigenvalue weighted by molar-refractivity contribution is -0.150. The second-order valence-corrected chi connectivity index (χ2v) is 8.17. The van der Waals surface area contributed by atoms with Gasteiger partial charge in [0.1, 0.15) is 6.61 Å². The van der Waals surface area contributed by atoms with Gasteiger partial charge in [-0.2, -0.15) is 0 Å². The van der Waals surface area contributed by atoms with Crippen LogP contribution in [0.3, 0.4) is 0 Å². The van der Waals surface area contributed by atoms with Crippen LogP contribution in [0.4, 0.5) is 0 Å². The number of amides is 1. The van der Waals surface area contributed by atoms with E-state index in [1.807, 2.05) is 4.90 Å². The SMILES string of the molecule is COCC(=O)N1CC[C@]2(O)CCN(Cc3cc(C)c(C)cc3C)C[C@@H]2C1. The van der Waals surface area contributed by atoms with E-state index in [9.17, 15) is 9.90 Å². The first-order valence-corrected chi connectivity index (χ1v) is 9.60. The van der Waals surface area contributed by atoms with Gasteiger partial charge in [0.15, 0.2) is 0 Å². The third-order valence-corrected chi connectivity index (χ3v) is 6.32. The van der Waals surface area contributed by atoms with Gasteiger partial charge in [-0.15, -0.1) is 0 Å². The van der Waals surface area contributed by atoms with Crippen molar-refractivity contribution in [2.45, 2.75) is 45.8 Å². The molecule has 1 N–H and O–H groups in total. The number of benzene rings is 1. The highest BCUT2D eigenvalue weighted by molar-refractivity contribution is 5.77. The summed E-state index contributed by atoms with van der Waals surface area (Å²) in [4.78, 5) is 16.5. The number of carbonyl (C=O) groups excluding carboxylic acids is 1. The van der Waals surface area contributed by atoms with Crippen LogP contribution in [-0.4, -0.2) is 66.3 Å². The number of carbonyl (C=O) groups is 1. The number of nitrogens with zero attached hydrogens (tertiary/aromatic N) is 2. The maximum Gasteiger partial charge on any atom is 0.248 e. The molecule has 2 atom stereocenters. The second-order valence-electron chi connectivity index (χ2n) is 8.17. The molecular formula is C21H32N2O3. The summed E-state index contributed by atoms with van der Waals surface area (Å²) < 4.78 is 4.99. The van der Waals surface area contributed by atoms with Gasteiger partial charge in [0, 0.05) is 45.8 Å².